The van der Waals surface area contributed by atoms with Crippen LogP contribution in [-0.4, -0.2) is 43.5 Å². The summed E-state index contributed by atoms with van der Waals surface area (Å²) in [7, 11) is 2.12. The van der Waals surface area contributed by atoms with E-state index in [0.29, 0.717) is 0 Å². The summed E-state index contributed by atoms with van der Waals surface area (Å²) in [5.41, 5.74) is 5.32. The molecule has 4 heteroatoms. The summed E-state index contributed by atoms with van der Waals surface area (Å²) in [5, 5.41) is 3.11. The minimum absolute atomic E-state index is 0.177. The molecule has 1 fully saturated rings. The molecule has 0 aromatic rings. The van der Waals surface area contributed by atoms with Gasteiger partial charge in [-0.15, -0.1) is 0 Å². The predicted octanol–water partition coefficient (Wildman–Crippen LogP) is 0.428. The van der Waals surface area contributed by atoms with E-state index >= 15 is 0 Å². The van der Waals surface area contributed by atoms with Crippen molar-refractivity contribution in [3.05, 3.63) is 0 Å². The van der Waals surface area contributed by atoms with E-state index in [9.17, 15) is 4.79 Å². The summed E-state index contributed by atoms with van der Waals surface area (Å²) in [6, 6.07) is -0.177. The van der Waals surface area contributed by atoms with Gasteiger partial charge in [0.15, 0.2) is 0 Å². The quantitative estimate of drug-likeness (QED) is 0.632. The molecule has 3 atom stereocenters. The highest BCUT2D eigenvalue weighted by Gasteiger charge is 2.33. The van der Waals surface area contributed by atoms with Crippen molar-refractivity contribution >= 4 is 5.91 Å². The molecule has 3 unspecified atom stereocenters. The number of nitrogens with one attached hydrogen (secondary N) is 1. The van der Waals surface area contributed by atoms with Crippen LogP contribution >= 0.6 is 0 Å². The Kier molecular flexibility index (Phi) is 5.22. The molecule has 0 aromatic heterocycles. The Morgan fingerprint density at radius 2 is 2.25 bits per heavy atom. The number of hydrogen-bond acceptors (Lipinski definition) is 3. The van der Waals surface area contributed by atoms with Crippen molar-refractivity contribution in [2.75, 3.05) is 26.7 Å². The van der Waals surface area contributed by atoms with E-state index in [1.807, 2.05) is 6.92 Å². The molecule has 0 saturated heterocycles. The third-order valence-corrected chi connectivity index (χ3v) is 3.42. The van der Waals surface area contributed by atoms with Crippen LogP contribution in [0.25, 0.3) is 0 Å². The van der Waals surface area contributed by atoms with E-state index in [1.54, 1.807) is 0 Å². The van der Waals surface area contributed by atoms with Gasteiger partial charge in [-0.3, -0.25) is 4.79 Å². The zero-order chi connectivity index (χ0) is 12.1. The topological polar surface area (TPSA) is 58.4 Å². The van der Waals surface area contributed by atoms with E-state index in [4.69, 9.17) is 5.73 Å². The highest BCUT2D eigenvalue weighted by Crippen LogP contribution is 2.37. The Bertz CT molecular complexity index is 232. The van der Waals surface area contributed by atoms with Crippen LogP contribution in [0.2, 0.25) is 0 Å². The first-order valence-corrected chi connectivity index (χ1v) is 6.25. The molecule has 0 spiro atoms. The number of nitrogens with zero attached hydrogens (tertiary/aromatic N) is 1. The summed E-state index contributed by atoms with van der Waals surface area (Å²) in [6.07, 6.45) is 2.16. The minimum atomic E-state index is -0.241. The fourth-order valence-electron chi connectivity index (χ4n) is 2.09. The van der Waals surface area contributed by atoms with Gasteiger partial charge in [0.1, 0.15) is 0 Å². The Labute approximate surface area is 98.6 Å². The Hall–Kier alpha value is -0.610. The van der Waals surface area contributed by atoms with Gasteiger partial charge in [0.05, 0.1) is 6.04 Å². The van der Waals surface area contributed by atoms with Gasteiger partial charge in [0, 0.05) is 6.54 Å². The lowest BCUT2D eigenvalue weighted by Gasteiger charge is -2.20. The maximum Gasteiger partial charge on any atom is 0.234 e. The number of likely N-dealkylation sites (N-methyl/N-ethyl adjacent to an activating group) is 1. The summed E-state index contributed by atoms with van der Waals surface area (Å²) in [6.45, 7) is 7.16. The molecule has 0 heterocycles. The van der Waals surface area contributed by atoms with Crippen LogP contribution in [0.4, 0.5) is 0 Å². The van der Waals surface area contributed by atoms with Gasteiger partial charge >= 0.3 is 0 Å². The molecule has 4 nitrogen and oxygen atoms in total. The van der Waals surface area contributed by atoms with Crippen LogP contribution in [-0.2, 0) is 4.79 Å². The van der Waals surface area contributed by atoms with Gasteiger partial charge in [-0.05, 0) is 44.8 Å². The van der Waals surface area contributed by atoms with Crippen molar-refractivity contribution in [3.63, 3.8) is 0 Å². The second-order valence-corrected chi connectivity index (χ2v) is 5.04. The van der Waals surface area contributed by atoms with E-state index in [-0.39, 0.29) is 11.9 Å². The van der Waals surface area contributed by atoms with Crippen molar-refractivity contribution in [3.8, 4) is 0 Å². The van der Waals surface area contributed by atoms with Gasteiger partial charge in [-0.1, -0.05) is 13.8 Å². The molecular formula is C12H25N3O. The number of carbonyl (C=O) groups is 1. The number of hydrogen-bond donors (Lipinski definition) is 2. The van der Waals surface area contributed by atoms with Crippen LogP contribution in [0.5, 0.6) is 0 Å². The lowest BCUT2D eigenvalue weighted by molar-refractivity contribution is -0.120. The van der Waals surface area contributed by atoms with E-state index in [1.165, 1.54) is 6.42 Å². The molecule has 1 amide bonds. The van der Waals surface area contributed by atoms with Crippen LogP contribution in [0, 0.1) is 11.8 Å². The van der Waals surface area contributed by atoms with E-state index < -0.39 is 0 Å². The molecule has 0 radical (unpaired) electrons. The summed E-state index contributed by atoms with van der Waals surface area (Å²) < 4.78 is 0. The van der Waals surface area contributed by atoms with Gasteiger partial charge in [0.2, 0.25) is 5.91 Å². The van der Waals surface area contributed by atoms with Crippen molar-refractivity contribution in [1.82, 2.24) is 10.2 Å². The third kappa shape index (κ3) is 4.49. The minimum Gasteiger partial charge on any atom is -0.368 e. The normalized spacial score (nSPS) is 25.8. The molecule has 94 valence electrons. The number of rotatable bonds is 8. The zero-order valence-electron chi connectivity index (χ0n) is 10.7. The fraction of sp³-hybridized carbons (Fsp3) is 0.917. The molecular weight excluding hydrogens is 202 g/mol. The van der Waals surface area contributed by atoms with E-state index in [0.717, 1.165) is 37.9 Å². The van der Waals surface area contributed by atoms with Crippen molar-refractivity contribution in [1.29, 1.82) is 0 Å². The molecule has 1 rings (SSSR count). The molecule has 0 aliphatic heterocycles. The maximum atomic E-state index is 11.1. The summed E-state index contributed by atoms with van der Waals surface area (Å²) in [4.78, 5) is 13.4. The zero-order valence-corrected chi connectivity index (χ0v) is 10.7. The van der Waals surface area contributed by atoms with Gasteiger partial charge < -0.3 is 16.0 Å². The van der Waals surface area contributed by atoms with Crippen LogP contribution in [0.1, 0.15) is 26.7 Å². The first-order chi connectivity index (χ1) is 7.54. The van der Waals surface area contributed by atoms with Crippen LogP contribution < -0.4 is 11.1 Å². The number of primary amides is 1. The van der Waals surface area contributed by atoms with Crippen molar-refractivity contribution in [2.45, 2.75) is 32.7 Å². The largest absolute Gasteiger partial charge is 0.368 e. The number of nitrogens with two attached hydrogens (primary N) is 1. The smallest absolute Gasteiger partial charge is 0.234 e. The molecule has 1 saturated carbocycles. The average Bonchev–Trinajstić information content (AvgIpc) is 2.88. The van der Waals surface area contributed by atoms with Crippen LogP contribution in [0.15, 0.2) is 0 Å². The average molecular weight is 227 g/mol. The molecule has 3 N–H and O–H groups in total. The number of carbonyl (C=O) groups excluding carboxylic acids is 1. The van der Waals surface area contributed by atoms with Crippen molar-refractivity contribution < 1.29 is 4.79 Å². The molecule has 0 bridgehead atoms. The first kappa shape index (κ1) is 13.5. The highest BCUT2D eigenvalue weighted by molar-refractivity contribution is 5.79. The lowest BCUT2D eigenvalue weighted by Crippen LogP contribution is -2.43. The lowest BCUT2D eigenvalue weighted by atomic mass is 10.2. The fourth-order valence-corrected chi connectivity index (χ4v) is 2.09. The van der Waals surface area contributed by atoms with Gasteiger partial charge in [0.25, 0.3) is 0 Å². The molecule has 16 heavy (non-hydrogen) atoms. The van der Waals surface area contributed by atoms with Crippen molar-refractivity contribution in [2.24, 2.45) is 17.6 Å². The van der Waals surface area contributed by atoms with Crippen LogP contribution in [0.3, 0.4) is 0 Å². The monoisotopic (exact) mass is 227 g/mol. The standard InChI is InChI=1S/C12H25N3O/c1-4-14-11(12(13)16)5-6-15(3)8-10-7-9(10)2/h9-11,14H,4-8H2,1-3H3,(H2,13,16). The molecule has 0 aromatic carbocycles. The summed E-state index contributed by atoms with van der Waals surface area (Å²) in [5.74, 6) is 1.52. The Morgan fingerprint density at radius 1 is 1.62 bits per heavy atom. The predicted molar refractivity (Wildman–Crippen MR) is 66.0 cm³/mol. The second-order valence-electron chi connectivity index (χ2n) is 5.04. The molecule has 1 aliphatic carbocycles. The first-order valence-electron chi connectivity index (χ1n) is 6.25. The third-order valence-electron chi connectivity index (χ3n) is 3.42. The maximum absolute atomic E-state index is 11.1. The Balaban J connectivity index is 2.17. The second kappa shape index (κ2) is 6.21. The SMILES string of the molecule is CCNC(CCN(C)CC1CC1C)C(N)=O. The van der Waals surface area contributed by atoms with E-state index in [2.05, 4.69) is 24.2 Å². The Morgan fingerprint density at radius 3 is 2.69 bits per heavy atom. The molecule has 1 aliphatic rings. The number of amides is 1. The highest BCUT2D eigenvalue weighted by atomic mass is 16.1. The van der Waals surface area contributed by atoms with Gasteiger partial charge in [-0.2, -0.15) is 0 Å². The summed E-state index contributed by atoms with van der Waals surface area (Å²) >= 11 is 0. The van der Waals surface area contributed by atoms with Gasteiger partial charge in [-0.25, -0.2) is 0 Å².